The van der Waals surface area contributed by atoms with Crippen LogP contribution in [0.25, 0.3) is 27.0 Å². The summed E-state index contributed by atoms with van der Waals surface area (Å²) in [6.07, 6.45) is -5.59. The van der Waals surface area contributed by atoms with Crippen molar-refractivity contribution in [3.63, 3.8) is 0 Å². The first-order chi connectivity index (χ1) is 16.9. The average molecular weight is 536 g/mol. The van der Waals surface area contributed by atoms with E-state index in [1.165, 1.54) is 18.6 Å². The van der Waals surface area contributed by atoms with Crippen molar-refractivity contribution in [2.75, 3.05) is 7.11 Å². The van der Waals surface area contributed by atoms with Crippen molar-refractivity contribution in [1.82, 2.24) is 13.5 Å². The molecule has 0 fully saturated rings. The molecule has 4 rings (SSSR count). The second-order valence-electron chi connectivity index (χ2n) is 8.04. The van der Waals surface area contributed by atoms with Crippen LogP contribution >= 0.6 is 23.8 Å². The molecule has 0 aliphatic carbocycles. The number of methoxy groups -OCH3 is 1. The summed E-state index contributed by atoms with van der Waals surface area (Å²) in [5, 5.41) is 0.641. The number of aromatic nitrogens is 3. The molecule has 0 aliphatic heterocycles. The molecule has 188 valence electrons. The maximum absolute atomic E-state index is 13.3. The van der Waals surface area contributed by atoms with Gasteiger partial charge in [0.2, 0.25) is 0 Å². The van der Waals surface area contributed by atoms with E-state index in [4.69, 9.17) is 21.7 Å². The molecule has 2 aromatic heterocycles. The molecule has 0 bridgehead atoms. The number of alkyl halides is 3. The second-order valence-corrected chi connectivity index (χ2v) is 9.26. The number of nitrogens with zero attached hydrogens (tertiary/aromatic N) is 3. The first-order valence-electron chi connectivity index (χ1n) is 10.6. The van der Waals surface area contributed by atoms with Crippen LogP contribution < -0.4 is 10.4 Å². The van der Waals surface area contributed by atoms with Crippen LogP contribution in [0.4, 0.5) is 13.2 Å². The smallest absolute Gasteiger partial charge is 0.431 e. The third-order valence-corrected chi connectivity index (χ3v) is 6.68. The van der Waals surface area contributed by atoms with E-state index in [9.17, 15) is 22.8 Å². The Morgan fingerprint density at radius 1 is 1.17 bits per heavy atom. The normalized spacial score (nSPS) is 12.5. The van der Waals surface area contributed by atoms with Crippen molar-refractivity contribution in [2.45, 2.75) is 26.1 Å². The molecule has 0 saturated heterocycles. The number of fused-ring (bicyclic) bond motifs is 1. The predicted molar refractivity (Wildman–Crippen MR) is 132 cm³/mol. The largest absolute Gasteiger partial charge is 0.478 e. The van der Waals surface area contributed by atoms with Crippen LogP contribution in [0.2, 0.25) is 0 Å². The number of carbonyl (C=O) groups excluding carboxylic acids is 1. The lowest BCUT2D eigenvalue weighted by Gasteiger charge is -2.16. The molecule has 0 saturated carbocycles. The van der Waals surface area contributed by atoms with Gasteiger partial charge < -0.3 is 9.47 Å². The molecule has 36 heavy (non-hydrogen) atoms. The summed E-state index contributed by atoms with van der Waals surface area (Å²) >= 11 is 6.37. The Morgan fingerprint density at radius 2 is 1.89 bits per heavy atom. The number of benzene rings is 2. The van der Waals surface area contributed by atoms with E-state index in [1.807, 2.05) is 19.1 Å². The van der Waals surface area contributed by atoms with Gasteiger partial charge in [-0.25, -0.2) is 9.59 Å². The fraction of sp³-hybridized carbons (Fsp3) is 0.250. The first kappa shape index (κ1) is 25.6. The standard InChI is InChI=1S/C24H20F3N3O4S2/c1-12-5-7-17(34-13(2)22(31)33-4)15(9-12)21-16-10-14(6-8-18(16)36-28-21)30-20(35)11-19(24(25,26)27)29(3)23(30)32/h5-11,13H,1-4H3. The van der Waals surface area contributed by atoms with Crippen LogP contribution in [-0.4, -0.2) is 32.7 Å². The molecule has 12 heteroatoms. The third kappa shape index (κ3) is 4.65. The monoisotopic (exact) mass is 535 g/mol. The fourth-order valence-electron chi connectivity index (χ4n) is 3.73. The molecule has 1 atom stereocenters. The van der Waals surface area contributed by atoms with E-state index >= 15 is 0 Å². The maximum Gasteiger partial charge on any atom is 0.431 e. The first-order valence-corrected chi connectivity index (χ1v) is 11.8. The van der Waals surface area contributed by atoms with E-state index in [2.05, 4.69) is 4.37 Å². The van der Waals surface area contributed by atoms with Crippen molar-refractivity contribution < 1.29 is 27.4 Å². The van der Waals surface area contributed by atoms with Crippen LogP contribution in [0.3, 0.4) is 0 Å². The highest BCUT2D eigenvalue weighted by atomic mass is 32.1. The Morgan fingerprint density at radius 3 is 2.56 bits per heavy atom. The number of hydrogen-bond acceptors (Lipinski definition) is 7. The Kier molecular flexibility index (Phi) is 6.76. The molecule has 2 aromatic carbocycles. The highest BCUT2D eigenvalue weighted by Gasteiger charge is 2.34. The Hall–Kier alpha value is -3.51. The van der Waals surface area contributed by atoms with Crippen LogP contribution in [0.1, 0.15) is 18.2 Å². The van der Waals surface area contributed by atoms with Gasteiger partial charge in [-0.15, -0.1) is 0 Å². The number of halogens is 3. The zero-order valence-corrected chi connectivity index (χ0v) is 21.2. The van der Waals surface area contributed by atoms with E-state index in [0.29, 0.717) is 32.6 Å². The molecule has 0 spiro atoms. The Bertz CT molecular complexity index is 1610. The molecule has 4 aromatic rings. The van der Waals surface area contributed by atoms with Gasteiger partial charge >= 0.3 is 17.8 Å². The fourth-order valence-corrected chi connectivity index (χ4v) is 4.80. The Balaban J connectivity index is 1.89. The highest BCUT2D eigenvalue weighted by molar-refractivity contribution is 7.71. The predicted octanol–water partition coefficient (Wildman–Crippen LogP) is 5.45. The lowest BCUT2D eigenvalue weighted by Crippen LogP contribution is -2.33. The molecule has 0 amide bonds. The zero-order chi connectivity index (χ0) is 26.4. The van der Waals surface area contributed by atoms with Gasteiger partial charge in [0.05, 0.1) is 23.2 Å². The van der Waals surface area contributed by atoms with Gasteiger partial charge in [-0.05, 0) is 55.7 Å². The van der Waals surface area contributed by atoms with Crippen LogP contribution in [-0.2, 0) is 22.8 Å². The highest BCUT2D eigenvalue weighted by Crippen LogP contribution is 2.38. The van der Waals surface area contributed by atoms with Gasteiger partial charge in [-0.2, -0.15) is 17.5 Å². The molecule has 7 nitrogen and oxygen atoms in total. The lowest BCUT2D eigenvalue weighted by atomic mass is 10.0. The molecule has 2 heterocycles. The third-order valence-electron chi connectivity index (χ3n) is 5.55. The van der Waals surface area contributed by atoms with Gasteiger partial charge in [0, 0.05) is 24.1 Å². The maximum atomic E-state index is 13.3. The van der Waals surface area contributed by atoms with Gasteiger partial charge in [-0.1, -0.05) is 23.8 Å². The Labute approximate surface area is 212 Å². The molecular weight excluding hydrogens is 515 g/mol. The number of hydrogen-bond donors (Lipinski definition) is 0. The summed E-state index contributed by atoms with van der Waals surface area (Å²) in [7, 11) is 2.32. The van der Waals surface area contributed by atoms with Gasteiger partial charge in [0.15, 0.2) is 6.10 Å². The minimum atomic E-state index is -4.72. The van der Waals surface area contributed by atoms with Gasteiger partial charge in [0.1, 0.15) is 16.1 Å². The van der Waals surface area contributed by atoms with Crippen molar-refractivity contribution in [3.05, 3.63) is 68.8 Å². The van der Waals surface area contributed by atoms with Crippen molar-refractivity contribution in [3.8, 4) is 22.7 Å². The molecular formula is C24H20F3N3O4S2. The molecule has 0 N–H and O–H groups in total. The molecule has 0 radical (unpaired) electrons. The number of aryl methyl sites for hydroxylation is 1. The molecule has 0 aliphatic rings. The number of esters is 1. The van der Waals surface area contributed by atoms with Gasteiger partial charge in [-0.3, -0.25) is 9.13 Å². The SMILES string of the molecule is COC(=O)C(C)Oc1ccc(C)cc1-c1nsc2ccc(-n3c(=S)cc(C(F)(F)F)n(C)c3=O)cc12. The minimum absolute atomic E-state index is 0.277. The average Bonchev–Trinajstić information content (AvgIpc) is 3.24. The summed E-state index contributed by atoms with van der Waals surface area (Å²) in [4.78, 5) is 24.8. The minimum Gasteiger partial charge on any atom is -0.478 e. The van der Waals surface area contributed by atoms with Crippen molar-refractivity contribution in [2.24, 2.45) is 7.05 Å². The lowest BCUT2D eigenvalue weighted by molar-refractivity contribution is -0.148. The summed E-state index contributed by atoms with van der Waals surface area (Å²) < 4.78 is 57.2. The zero-order valence-electron chi connectivity index (χ0n) is 19.5. The summed E-state index contributed by atoms with van der Waals surface area (Å²) in [5.74, 6) is -0.141. The van der Waals surface area contributed by atoms with Crippen LogP contribution in [0.15, 0.2) is 47.3 Å². The van der Waals surface area contributed by atoms with Gasteiger partial charge in [0.25, 0.3) is 0 Å². The topological polar surface area (TPSA) is 75.3 Å². The van der Waals surface area contributed by atoms with E-state index in [0.717, 1.165) is 27.9 Å². The number of carbonyl (C=O) groups is 1. The van der Waals surface area contributed by atoms with E-state index in [1.54, 1.807) is 31.2 Å². The number of rotatable bonds is 5. The van der Waals surface area contributed by atoms with E-state index in [-0.39, 0.29) is 4.64 Å². The summed E-state index contributed by atoms with van der Waals surface area (Å²) in [6.45, 7) is 3.46. The molecule has 1 unspecified atom stereocenters. The van der Waals surface area contributed by atoms with Crippen molar-refractivity contribution in [1.29, 1.82) is 0 Å². The summed E-state index contributed by atoms with van der Waals surface area (Å²) in [5.41, 5.74) is 0.292. The van der Waals surface area contributed by atoms with E-state index < -0.39 is 29.6 Å². The second kappa shape index (κ2) is 9.51. The van der Waals surface area contributed by atoms with Crippen LogP contribution in [0, 0.1) is 11.6 Å². The quantitative estimate of drug-likeness (QED) is 0.250. The van der Waals surface area contributed by atoms with Crippen LogP contribution in [0.5, 0.6) is 5.75 Å². The summed E-state index contributed by atoms with van der Waals surface area (Å²) in [6, 6.07) is 11.1. The number of ether oxygens (including phenoxy) is 2. The van der Waals surface area contributed by atoms with Crippen molar-refractivity contribution >= 4 is 39.8 Å².